The first-order valence-corrected chi connectivity index (χ1v) is 7.69. The zero-order valence-corrected chi connectivity index (χ0v) is 12.6. The van der Waals surface area contributed by atoms with Crippen LogP contribution in [0.5, 0.6) is 0 Å². The largest absolute Gasteiger partial charge is 0.464 e. The number of likely N-dealkylation sites (tertiary alicyclic amines) is 1. The standard InChI is InChI=1S/C16H21NO4/c1-4-21-16(20)13(8(2)3)17-14(18)11-9-5-6-10(7-9)12(11)15(17)19/h5-6,8-13H,4,7H2,1-3H3/t9-,10+,11-,12+,13-/m0/s1. The molecular formula is C16H21NO4. The highest BCUT2D eigenvalue weighted by Crippen LogP contribution is 2.53. The summed E-state index contributed by atoms with van der Waals surface area (Å²) in [6, 6.07) is -0.796. The van der Waals surface area contributed by atoms with Gasteiger partial charge in [-0.05, 0) is 31.1 Å². The predicted molar refractivity (Wildman–Crippen MR) is 74.8 cm³/mol. The summed E-state index contributed by atoms with van der Waals surface area (Å²) in [5.41, 5.74) is 0. The van der Waals surface area contributed by atoms with Gasteiger partial charge in [0.1, 0.15) is 6.04 Å². The van der Waals surface area contributed by atoms with E-state index >= 15 is 0 Å². The van der Waals surface area contributed by atoms with Crippen LogP contribution in [0.1, 0.15) is 27.2 Å². The monoisotopic (exact) mass is 291 g/mol. The molecule has 114 valence electrons. The van der Waals surface area contributed by atoms with Gasteiger partial charge < -0.3 is 4.74 Å². The van der Waals surface area contributed by atoms with E-state index in [1.807, 2.05) is 13.8 Å². The maximum absolute atomic E-state index is 12.7. The van der Waals surface area contributed by atoms with Crippen LogP contribution < -0.4 is 0 Å². The number of fused-ring (bicyclic) bond motifs is 5. The minimum absolute atomic E-state index is 0.151. The van der Waals surface area contributed by atoms with Crippen molar-refractivity contribution >= 4 is 17.8 Å². The molecule has 0 aromatic heterocycles. The molecule has 5 heteroatoms. The fourth-order valence-electron chi connectivity index (χ4n) is 4.10. The molecular weight excluding hydrogens is 270 g/mol. The Kier molecular flexibility index (Phi) is 3.38. The first-order chi connectivity index (χ1) is 9.97. The number of carbonyl (C=O) groups is 3. The number of carbonyl (C=O) groups excluding carboxylic acids is 3. The first kappa shape index (κ1) is 14.3. The van der Waals surface area contributed by atoms with Crippen molar-refractivity contribution in [2.24, 2.45) is 29.6 Å². The first-order valence-electron chi connectivity index (χ1n) is 7.69. The van der Waals surface area contributed by atoms with E-state index in [9.17, 15) is 14.4 Å². The number of nitrogens with zero attached hydrogens (tertiary/aromatic N) is 1. The third kappa shape index (κ3) is 1.93. The maximum atomic E-state index is 12.7. The topological polar surface area (TPSA) is 63.7 Å². The summed E-state index contributed by atoms with van der Waals surface area (Å²) >= 11 is 0. The van der Waals surface area contributed by atoms with Crippen molar-refractivity contribution in [1.82, 2.24) is 4.90 Å². The number of esters is 1. The molecule has 0 aromatic carbocycles. The van der Waals surface area contributed by atoms with Crippen molar-refractivity contribution in [3.63, 3.8) is 0 Å². The zero-order valence-electron chi connectivity index (χ0n) is 12.6. The fourth-order valence-corrected chi connectivity index (χ4v) is 4.10. The van der Waals surface area contributed by atoms with Gasteiger partial charge in [-0.15, -0.1) is 0 Å². The van der Waals surface area contributed by atoms with Gasteiger partial charge in [0.2, 0.25) is 11.8 Å². The van der Waals surface area contributed by atoms with E-state index in [-0.39, 0.29) is 48.0 Å². The Morgan fingerprint density at radius 1 is 1.24 bits per heavy atom. The van der Waals surface area contributed by atoms with Gasteiger partial charge >= 0.3 is 5.97 Å². The van der Waals surface area contributed by atoms with Crippen LogP contribution >= 0.6 is 0 Å². The molecule has 2 aliphatic carbocycles. The smallest absolute Gasteiger partial charge is 0.329 e. The van der Waals surface area contributed by atoms with Crippen LogP contribution in [-0.4, -0.2) is 35.3 Å². The lowest BCUT2D eigenvalue weighted by atomic mass is 9.85. The van der Waals surface area contributed by atoms with Crippen LogP contribution in [0.3, 0.4) is 0 Å². The van der Waals surface area contributed by atoms with Crippen LogP contribution in [0.2, 0.25) is 0 Å². The molecule has 1 heterocycles. The molecule has 3 aliphatic rings. The average Bonchev–Trinajstić information content (AvgIpc) is 3.08. The van der Waals surface area contributed by atoms with Crippen molar-refractivity contribution in [3.05, 3.63) is 12.2 Å². The van der Waals surface area contributed by atoms with E-state index in [2.05, 4.69) is 12.2 Å². The molecule has 2 bridgehead atoms. The van der Waals surface area contributed by atoms with Crippen LogP contribution in [0.15, 0.2) is 12.2 Å². The van der Waals surface area contributed by atoms with Gasteiger partial charge in [-0.25, -0.2) is 4.79 Å². The Labute approximate surface area is 124 Å². The molecule has 3 rings (SSSR count). The molecule has 0 aromatic rings. The molecule has 0 radical (unpaired) electrons. The number of amides is 2. The summed E-state index contributed by atoms with van der Waals surface area (Å²) in [5, 5.41) is 0. The molecule has 0 unspecified atom stereocenters. The van der Waals surface area contributed by atoms with Gasteiger partial charge in [-0.1, -0.05) is 26.0 Å². The maximum Gasteiger partial charge on any atom is 0.329 e. The third-order valence-electron chi connectivity index (χ3n) is 4.94. The van der Waals surface area contributed by atoms with Gasteiger partial charge in [-0.3, -0.25) is 14.5 Å². The molecule has 1 aliphatic heterocycles. The van der Waals surface area contributed by atoms with Crippen molar-refractivity contribution < 1.29 is 19.1 Å². The second-order valence-electron chi connectivity index (χ2n) is 6.49. The SMILES string of the molecule is CCOC(=O)[C@H](C(C)C)N1C(=O)[C@@H]2[C@H](C1=O)[C@@H]1C=C[C@H]2C1. The quantitative estimate of drug-likeness (QED) is 0.446. The molecule has 1 saturated heterocycles. The summed E-state index contributed by atoms with van der Waals surface area (Å²) in [6.07, 6.45) is 5.00. The minimum Gasteiger partial charge on any atom is -0.464 e. The van der Waals surface area contributed by atoms with E-state index in [1.54, 1.807) is 6.92 Å². The van der Waals surface area contributed by atoms with Gasteiger partial charge in [0.05, 0.1) is 18.4 Å². The lowest BCUT2D eigenvalue weighted by Gasteiger charge is -2.28. The molecule has 2 amide bonds. The highest BCUT2D eigenvalue weighted by atomic mass is 16.5. The lowest BCUT2D eigenvalue weighted by Crippen LogP contribution is -2.49. The number of hydrogen-bond acceptors (Lipinski definition) is 4. The molecule has 5 atom stereocenters. The predicted octanol–water partition coefficient (Wildman–Crippen LogP) is 1.38. The Morgan fingerprint density at radius 2 is 1.76 bits per heavy atom. The van der Waals surface area contributed by atoms with Crippen molar-refractivity contribution in [2.75, 3.05) is 6.61 Å². The summed E-state index contributed by atoms with van der Waals surface area (Å²) in [6.45, 7) is 5.64. The van der Waals surface area contributed by atoms with Crippen LogP contribution in [0.25, 0.3) is 0 Å². The van der Waals surface area contributed by atoms with E-state index in [4.69, 9.17) is 4.74 Å². The highest BCUT2D eigenvalue weighted by molar-refractivity contribution is 6.09. The normalized spacial score (nSPS) is 34.8. The second-order valence-corrected chi connectivity index (χ2v) is 6.49. The third-order valence-corrected chi connectivity index (χ3v) is 4.94. The number of hydrogen-bond donors (Lipinski definition) is 0. The Bertz CT molecular complexity index is 494. The van der Waals surface area contributed by atoms with Gasteiger partial charge in [0, 0.05) is 0 Å². The Morgan fingerprint density at radius 3 is 2.19 bits per heavy atom. The van der Waals surface area contributed by atoms with Gasteiger partial charge in [0.15, 0.2) is 0 Å². The van der Waals surface area contributed by atoms with Crippen molar-refractivity contribution in [3.8, 4) is 0 Å². The number of rotatable bonds is 4. The number of ether oxygens (including phenoxy) is 1. The average molecular weight is 291 g/mol. The minimum atomic E-state index is -0.796. The summed E-state index contributed by atoms with van der Waals surface area (Å²) in [4.78, 5) is 38.8. The van der Waals surface area contributed by atoms with E-state index in [1.165, 1.54) is 4.90 Å². The van der Waals surface area contributed by atoms with Crippen molar-refractivity contribution in [1.29, 1.82) is 0 Å². The van der Waals surface area contributed by atoms with E-state index < -0.39 is 12.0 Å². The van der Waals surface area contributed by atoms with Gasteiger partial charge in [-0.2, -0.15) is 0 Å². The van der Waals surface area contributed by atoms with Crippen LogP contribution in [0.4, 0.5) is 0 Å². The Hall–Kier alpha value is -1.65. The van der Waals surface area contributed by atoms with Gasteiger partial charge in [0.25, 0.3) is 0 Å². The van der Waals surface area contributed by atoms with Crippen LogP contribution in [0, 0.1) is 29.6 Å². The van der Waals surface area contributed by atoms with E-state index in [0.29, 0.717) is 0 Å². The molecule has 0 N–H and O–H groups in total. The molecule has 5 nitrogen and oxygen atoms in total. The van der Waals surface area contributed by atoms with Crippen LogP contribution in [-0.2, 0) is 19.1 Å². The number of allylic oxidation sites excluding steroid dienone is 2. The molecule has 1 saturated carbocycles. The number of imide groups is 1. The zero-order chi connectivity index (χ0) is 15.3. The fraction of sp³-hybridized carbons (Fsp3) is 0.688. The Balaban J connectivity index is 1.90. The second kappa shape index (κ2) is 4.97. The molecule has 2 fully saturated rings. The summed E-state index contributed by atoms with van der Waals surface area (Å²) < 4.78 is 5.07. The molecule has 21 heavy (non-hydrogen) atoms. The molecule has 0 spiro atoms. The lowest BCUT2D eigenvalue weighted by molar-refractivity contribution is -0.161. The van der Waals surface area contributed by atoms with E-state index in [0.717, 1.165) is 6.42 Å². The summed E-state index contributed by atoms with van der Waals surface area (Å²) in [5.74, 6) is -1.20. The van der Waals surface area contributed by atoms with Crippen molar-refractivity contribution in [2.45, 2.75) is 33.2 Å². The summed E-state index contributed by atoms with van der Waals surface area (Å²) in [7, 11) is 0. The highest BCUT2D eigenvalue weighted by Gasteiger charge is 2.61.